The first kappa shape index (κ1) is 21.5. The number of hydrogen-bond acceptors (Lipinski definition) is 5. The Morgan fingerprint density at radius 1 is 1.10 bits per heavy atom. The van der Waals surface area contributed by atoms with Crippen LogP contribution in [0.25, 0.3) is 11.3 Å². The molecule has 0 unspecified atom stereocenters. The van der Waals surface area contributed by atoms with Crippen molar-refractivity contribution in [1.29, 1.82) is 0 Å². The molecule has 3 rings (SSSR count). The van der Waals surface area contributed by atoms with Gasteiger partial charge in [-0.25, -0.2) is 13.8 Å². The second-order valence-corrected chi connectivity index (χ2v) is 6.84. The van der Waals surface area contributed by atoms with E-state index in [1.54, 1.807) is 5.38 Å². The van der Waals surface area contributed by atoms with Crippen molar-refractivity contribution in [3.05, 3.63) is 64.0 Å². The van der Waals surface area contributed by atoms with Crippen LogP contribution in [-0.4, -0.2) is 23.9 Å². The van der Waals surface area contributed by atoms with Crippen LogP contribution in [0.4, 0.5) is 22.0 Å². The second-order valence-electron chi connectivity index (χ2n) is 5.90. The Morgan fingerprint density at radius 2 is 1.80 bits per heavy atom. The van der Waals surface area contributed by atoms with Gasteiger partial charge in [0.2, 0.25) is 0 Å². The zero-order valence-electron chi connectivity index (χ0n) is 15.0. The van der Waals surface area contributed by atoms with E-state index in [0.717, 1.165) is 12.1 Å². The van der Waals surface area contributed by atoms with Crippen molar-refractivity contribution >= 4 is 17.2 Å². The Hall–Kier alpha value is -3.21. The van der Waals surface area contributed by atoms with E-state index in [9.17, 15) is 26.7 Å². The van der Waals surface area contributed by atoms with E-state index in [1.165, 1.54) is 35.6 Å². The molecule has 1 amide bonds. The van der Waals surface area contributed by atoms with Gasteiger partial charge in [0.05, 0.1) is 17.3 Å². The van der Waals surface area contributed by atoms with Crippen LogP contribution >= 0.6 is 11.3 Å². The first-order valence-corrected chi connectivity index (χ1v) is 9.23. The summed E-state index contributed by atoms with van der Waals surface area (Å²) in [5.41, 5.74) is 5.21. The van der Waals surface area contributed by atoms with Crippen LogP contribution in [0.2, 0.25) is 0 Å². The maximum Gasteiger partial charge on any atom is 0.573 e. The van der Waals surface area contributed by atoms with Crippen molar-refractivity contribution < 1.29 is 36.2 Å². The molecule has 0 saturated heterocycles. The summed E-state index contributed by atoms with van der Waals surface area (Å²) < 4.78 is 73.3. The third-order valence-electron chi connectivity index (χ3n) is 3.81. The fraction of sp³-hybridized carbons (Fsp3) is 0.158. The number of aromatic nitrogens is 1. The molecule has 0 aliphatic rings. The maximum absolute atomic E-state index is 14.1. The van der Waals surface area contributed by atoms with E-state index in [-0.39, 0.29) is 24.5 Å². The summed E-state index contributed by atoms with van der Waals surface area (Å²) in [4.78, 5) is 15.5. The molecule has 0 aliphatic heterocycles. The highest BCUT2D eigenvalue weighted by Crippen LogP contribution is 2.28. The molecule has 0 aliphatic carbocycles. The lowest BCUT2D eigenvalue weighted by molar-refractivity contribution is -0.274. The lowest BCUT2D eigenvalue weighted by Crippen LogP contribution is -2.16. The molecule has 2 N–H and O–H groups in total. The fourth-order valence-electron chi connectivity index (χ4n) is 2.50. The second kappa shape index (κ2) is 8.66. The number of carbonyl (C=O) groups excluding carboxylic acids is 1. The summed E-state index contributed by atoms with van der Waals surface area (Å²) >= 11 is 1.28. The van der Waals surface area contributed by atoms with Crippen molar-refractivity contribution in [2.75, 3.05) is 6.61 Å². The standard InChI is InChI=1S/C19H13F5N2O3S/c20-12-5-6-14(17(21)16(12)18(25)27)28-8-7-15-26-13(9-30-15)10-1-3-11(4-2-10)29-19(22,23)24/h1-6,9H,7-8H2,(H2,25,27). The molecule has 30 heavy (non-hydrogen) atoms. The number of benzene rings is 2. The van der Waals surface area contributed by atoms with E-state index >= 15 is 0 Å². The lowest BCUT2D eigenvalue weighted by atomic mass is 10.1. The summed E-state index contributed by atoms with van der Waals surface area (Å²) in [5.74, 6) is -4.16. The van der Waals surface area contributed by atoms with Gasteiger partial charge in [0.25, 0.3) is 5.91 Å². The Kier molecular flexibility index (Phi) is 6.20. The number of ether oxygens (including phenoxy) is 2. The largest absolute Gasteiger partial charge is 0.573 e. The predicted octanol–water partition coefficient (Wildman–Crippen LogP) is 4.71. The van der Waals surface area contributed by atoms with E-state index in [1.807, 2.05) is 0 Å². The number of rotatable bonds is 7. The van der Waals surface area contributed by atoms with E-state index < -0.39 is 29.5 Å². The summed E-state index contributed by atoms with van der Waals surface area (Å²) in [6.07, 6.45) is -4.49. The first-order chi connectivity index (χ1) is 14.1. The van der Waals surface area contributed by atoms with Crippen molar-refractivity contribution in [3.8, 4) is 22.8 Å². The summed E-state index contributed by atoms with van der Waals surface area (Å²) in [6, 6.07) is 7.17. The monoisotopic (exact) mass is 444 g/mol. The number of nitrogens with two attached hydrogens (primary N) is 1. The van der Waals surface area contributed by atoms with Crippen LogP contribution in [-0.2, 0) is 6.42 Å². The van der Waals surface area contributed by atoms with Crippen LogP contribution in [0.1, 0.15) is 15.4 Å². The molecule has 3 aromatic rings. The quantitative estimate of drug-likeness (QED) is 0.536. The van der Waals surface area contributed by atoms with Gasteiger partial charge in [-0.1, -0.05) is 0 Å². The molecule has 0 bridgehead atoms. The normalized spacial score (nSPS) is 11.4. The molecule has 11 heteroatoms. The van der Waals surface area contributed by atoms with Gasteiger partial charge in [0.1, 0.15) is 17.1 Å². The van der Waals surface area contributed by atoms with E-state index in [2.05, 4.69) is 9.72 Å². The molecule has 2 aromatic carbocycles. The fourth-order valence-corrected chi connectivity index (χ4v) is 3.29. The maximum atomic E-state index is 14.1. The highest BCUT2D eigenvalue weighted by Gasteiger charge is 2.31. The number of primary amides is 1. The van der Waals surface area contributed by atoms with Gasteiger partial charge in [-0.05, 0) is 36.4 Å². The van der Waals surface area contributed by atoms with Gasteiger partial charge in [0, 0.05) is 17.4 Å². The van der Waals surface area contributed by atoms with Gasteiger partial charge >= 0.3 is 6.36 Å². The Labute approximate surface area is 170 Å². The minimum Gasteiger partial charge on any atom is -0.490 e. The molecule has 0 atom stereocenters. The predicted molar refractivity (Wildman–Crippen MR) is 98.3 cm³/mol. The number of nitrogens with zero attached hydrogens (tertiary/aromatic N) is 1. The lowest BCUT2D eigenvalue weighted by Gasteiger charge is -2.09. The molecule has 1 aromatic heterocycles. The average molecular weight is 444 g/mol. The molecular formula is C19H13F5N2O3S. The van der Waals surface area contributed by atoms with Crippen LogP contribution in [0.3, 0.4) is 0 Å². The number of thiazole rings is 1. The number of hydrogen-bond donors (Lipinski definition) is 1. The van der Waals surface area contributed by atoms with Gasteiger partial charge < -0.3 is 15.2 Å². The third-order valence-corrected chi connectivity index (χ3v) is 4.72. The summed E-state index contributed by atoms with van der Waals surface area (Å²) in [6.45, 7) is -0.00787. The van der Waals surface area contributed by atoms with Crippen molar-refractivity contribution in [3.63, 3.8) is 0 Å². The highest BCUT2D eigenvalue weighted by atomic mass is 32.1. The number of halogens is 5. The molecule has 0 saturated carbocycles. The van der Waals surface area contributed by atoms with Crippen molar-refractivity contribution in [1.82, 2.24) is 4.98 Å². The molecule has 5 nitrogen and oxygen atoms in total. The number of alkyl halides is 3. The SMILES string of the molecule is NC(=O)c1c(F)ccc(OCCc2nc(-c3ccc(OC(F)(F)F)cc3)cs2)c1F. The number of amides is 1. The van der Waals surface area contributed by atoms with Crippen molar-refractivity contribution in [2.24, 2.45) is 5.73 Å². The Balaban J connectivity index is 1.62. The molecule has 0 spiro atoms. The third kappa shape index (κ3) is 5.23. The zero-order valence-corrected chi connectivity index (χ0v) is 15.8. The van der Waals surface area contributed by atoms with E-state index in [0.29, 0.717) is 16.3 Å². The van der Waals surface area contributed by atoms with Crippen LogP contribution in [0.5, 0.6) is 11.5 Å². The minimum absolute atomic E-state index is 0.00787. The molecule has 0 radical (unpaired) electrons. The summed E-state index contributed by atoms with van der Waals surface area (Å²) in [5, 5.41) is 2.33. The van der Waals surface area contributed by atoms with E-state index in [4.69, 9.17) is 10.5 Å². The molecule has 1 heterocycles. The molecule has 158 valence electrons. The Bertz CT molecular complexity index is 1050. The van der Waals surface area contributed by atoms with Gasteiger partial charge in [0.15, 0.2) is 11.6 Å². The zero-order chi connectivity index (χ0) is 21.9. The molecular weight excluding hydrogens is 431 g/mol. The average Bonchev–Trinajstić information content (AvgIpc) is 3.11. The van der Waals surface area contributed by atoms with Crippen LogP contribution in [0, 0.1) is 11.6 Å². The van der Waals surface area contributed by atoms with Crippen molar-refractivity contribution in [2.45, 2.75) is 12.8 Å². The molecule has 0 fully saturated rings. The van der Waals surface area contributed by atoms with Gasteiger partial charge in [-0.2, -0.15) is 0 Å². The smallest absolute Gasteiger partial charge is 0.490 e. The Morgan fingerprint density at radius 3 is 2.43 bits per heavy atom. The van der Waals surface area contributed by atoms with Gasteiger partial charge in [-0.3, -0.25) is 4.79 Å². The topological polar surface area (TPSA) is 74.4 Å². The minimum atomic E-state index is -4.77. The van der Waals surface area contributed by atoms with Crippen LogP contribution < -0.4 is 15.2 Å². The van der Waals surface area contributed by atoms with Crippen LogP contribution in [0.15, 0.2) is 41.8 Å². The first-order valence-electron chi connectivity index (χ1n) is 8.35. The number of carbonyl (C=O) groups is 1. The summed E-state index contributed by atoms with van der Waals surface area (Å²) in [7, 11) is 0. The highest BCUT2D eigenvalue weighted by molar-refractivity contribution is 7.09. The van der Waals surface area contributed by atoms with Gasteiger partial charge in [-0.15, -0.1) is 24.5 Å².